The molecule has 1 amide bonds. The Morgan fingerprint density at radius 3 is 2.12 bits per heavy atom. The number of benzene rings is 1. The van der Waals surface area contributed by atoms with E-state index in [1.54, 1.807) is 31.5 Å². The Kier molecular flexibility index (Phi) is 6.82. The first-order chi connectivity index (χ1) is 15.0. The van der Waals surface area contributed by atoms with E-state index >= 15 is 0 Å². The summed E-state index contributed by atoms with van der Waals surface area (Å²) in [6.07, 6.45) is 5.50. The first-order valence-electron chi connectivity index (χ1n) is 10.2. The molecule has 0 bridgehead atoms. The number of rotatable bonds is 3. The van der Waals surface area contributed by atoms with Gasteiger partial charge in [-0.3, -0.25) is 4.79 Å². The molecule has 32 heavy (non-hydrogen) atoms. The first kappa shape index (κ1) is 23.6. The Balaban J connectivity index is 0.000000305. The maximum Gasteiger partial charge on any atom is 0.268 e. The van der Waals surface area contributed by atoms with Crippen LogP contribution in [0, 0.1) is 11.6 Å². The highest BCUT2D eigenvalue weighted by Gasteiger charge is 2.31. The van der Waals surface area contributed by atoms with Gasteiger partial charge in [-0.1, -0.05) is 0 Å². The first-order valence-corrected chi connectivity index (χ1v) is 11.7. The number of sulfonamides is 1. The van der Waals surface area contributed by atoms with Crippen LogP contribution in [0.15, 0.2) is 48.8 Å². The molecule has 10 heteroatoms. The maximum atomic E-state index is 12.5. The van der Waals surface area contributed by atoms with Gasteiger partial charge in [0.25, 0.3) is 5.91 Å². The summed E-state index contributed by atoms with van der Waals surface area (Å²) in [6, 6.07) is 8.16. The molecular weight excluding hydrogens is 438 g/mol. The molecule has 2 aromatic heterocycles. The van der Waals surface area contributed by atoms with Gasteiger partial charge in [-0.2, -0.15) is 5.10 Å². The van der Waals surface area contributed by atoms with Crippen LogP contribution in [0.1, 0.15) is 44.0 Å². The SMILES string of the molecule is CC(C)(C)S(=O)(=O)NC(=O)c1cnn2ccc(N3CCCC3)cc12.Fc1ccc(F)cc1. The van der Waals surface area contributed by atoms with Crippen molar-refractivity contribution >= 4 is 27.1 Å². The molecule has 1 N–H and O–H groups in total. The summed E-state index contributed by atoms with van der Waals surface area (Å²) >= 11 is 0. The fraction of sp³-hybridized carbons (Fsp3) is 0.364. The van der Waals surface area contributed by atoms with Crippen LogP contribution in [0.25, 0.3) is 5.52 Å². The molecule has 0 spiro atoms. The number of carbonyl (C=O) groups is 1. The highest BCUT2D eigenvalue weighted by Crippen LogP contribution is 2.23. The van der Waals surface area contributed by atoms with E-state index in [0.717, 1.165) is 55.9 Å². The third-order valence-electron chi connectivity index (χ3n) is 5.06. The lowest BCUT2D eigenvalue weighted by Gasteiger charge is -2.19. The van der Waals surface area contributed by atoms with Gasteiger partial charge >= 0.3 is 0 Å². The molecule has 0 unspecified atom stereocenters. The van der Waals surface area contributed by atoms with Gasteiger partial charge in [-0.15, -0.1) is 0 Å². The standard InChI is InChI=1S/C16H22N4O3S.C6H4F2/c1-16(2,3)24(22,23)18-15(21)13-11-17-20-9-6-12(10-14(13)20)19-7-4-5-8-19;7-5-1-2-6(8)4-3-5/h6,9-11H,4-5,7-8H2,1-3H3,(H,18,21);1-4H. The van der Waals surface area contributed by atoms with Gasteiger partial charge in [-0.25, -0.2) is 26.4 Å². The molecule has 3 heterocycles. The molecule has 3 aromatic rings. The van der Waals surface area contributed by atoms with Crippen LogP contribution in [-0.4, -0.2) is 41.8 Å². The van der Waals surface area contributed by atoms with Crippen LogP contribution >= 0.6 is 0 Å². The van der Waals surface area contributed by atoms with Gasteiger partial charge < -0.3 is 4.90 Å². The number of halogens is 2. The average Bonchev–Trinajstić information content (AvgIpc) is 3.38. The Bertz CT molecular complexity index is 1180. The Hall–Kier alpha value is -3.01. The molecule has 0 radical (unpaired) electrons. The van der Waals surface area contributed by atoms with Crippen molar-refractivity contribution in [3.63, 3.8) is 0 Å². The van der Waals surface area contributed by atoms with Crippen LogP contribution in [0.5, 0.6) is 0 Å². The molecule has 1 aliphatic rings. The topological polar surface area (TPSA) is 83.8 Å². The van der Waals surface area contributed by atoms with Crippen LogP contribution in [0.4, 0.5) is 14.5 Å². The van der Waals surface area contributed by atoms with Crippen molar-refractivity contribution in [1.82, 2.24) is 14.3 Å². The predicted octanol–water partition coefficient (Wildman–Crippen LogP) is 3.76. The molecule has 1 aromatic carbocycles. The summed E-state index contributed by atoms with van der Waals surface area (Å²) in [4.78, 5) is 14.7. The molecule has 1 aliphatic heterocycles. The molecule has 0 saturated carbocycles. The van der Waals surface area contributed by atoms with Crippen LogP contribution < -0.4 is 9.62 Å². The Morgan fingerprint density at radius 1 is 1.03 bits per heavy atom. The number of nitrogens with one attached hydrogen (secondary N) is 1. The lowest BCUT2D eigenvalue weighted by molar-refractivity contribution is 0.0982. The minimum Gasteiger partial charge on any atom is -0.371 e. The lowest BCUT2D eigenvalue weighted by Crippen LogP contribution is -2.42. The monoisotopic (exact) mass is 464 g/mol. The van der Waals surface area contributed by atoms with Gasteiger partial charge in [0.15, 0.2) is 0 Å². The highest BCUT2D eigenvalue weighted by atomic mass is 32.2. The van der Waals surface area contributed by atoms with Crippen LogP contribution in [-0.2, 0) is 10.0 Å². The molecular formula is C22H26F2N4O3S. The average molecular weight is 465 g/mol. The number of anilines is 1. The molecule has 172 valence electrons. The number of aromatic nitrogens is 2. The van der Waals surface area contributed by atoms with E-state index in [1.807, 2.05) is 12.1 Å². The normalized spacial score (nSPS) is 14.2. The zero-order valence-electron chi connectivity index (χ0n) is 18.2. The molecule has 4 rings (SSSR count). The number of pyridine rings is 1. The van der Waals surface area contributed by atoms with E-state index in [-0.39, 0.29) is 5.56 Å². The minimum absolute atomic E-state index is 0.254. The molecule has 1 saturated heterocycles. The smallest absolute Gasteiger partial charge is 0.268 e. The summed E-state index contributed by atoms with van der Waals surface area (Å²) in [5.74, 6) is -1.48. The fourth-order valence-corrected chi connectivity index (χ4v) is 3.74. The van der Waals surface area contributed by atoms with Crippen molar-refractivity contribution in [2.24, 2.45) is 0 Å². The van der Waals surface area contributed by atoms with Crippen molar-refractivity contribution in [3.8, 4) is 0 Å². The third kappa shape index (κ3) is 5.42. The third-order valence-corrected chi connectivity index (χ3v) is 7.12. The van der Waals surface area contributed by atoms with Crippen LogP contribution in [0.2, 0.25) is 0 Å². The largest absolute Gasteiger partial charge is 0.371 e. The zero-order valence-corrected chi connectivity index (χ0v) is 19.0. The number of fused-ring (bicyclic) bond motifs is 1. The van der Waals surface area contributed by atoms with E-state index in [0.29, 0.717) is 5.52 Å². The quantitative estimate of drug-likeness (QED) is 0.638. The fourth-order valence-electron chi connectivity index (χ4n) is 3.08. The summed E-state index contributed by atoms with van der Waals surface area (Å²) < 4.78 is 50.9. The zero-order chi connectivity index (χ0) is 23.5. The summed E-state index contributed by atoms with van der Waals surface area (Å²) in [5, 5.41) is 4.14. The van der Waals surface area contributed by atoms with Gasteiger partial charge in [0.05, 0.1) is 22.0 Å². The second kappa shape index (κ2) is 9.23. The number of hydrogen-bond donors (Lipinski definition) is 1. The van der Waals surface area contributed by atoms with Gasteiger partial charge in [0.2, 0.25) is 10.0 Å². The molecule has 1 fully saturated rings. The van der Waals surface area contributed by atoms with Crippen molar-refractivity contribution in [2.75, 3.05) is 18.0 Å². The van der Waals surface area contributed by atoms with E-state index in [2.05, 4.69) is 14.7 Å². The van der Waals surface area contributed by atoms with Crippen LogP contribution in [0.3, 0.4) is 0 Å². The van der Waals surface area contributed by atoms with E-state index < -0.39 is 32.3 Å². The van der Waals surface area contributed by atoms with Crippen molar-refractivity contribution < 1.29 is 22.0 Å². The molecule has 0 atom stereocenters. The Morgan fingerprint density at radius 2 is 1.59 bits per heavy atom. The van der Waals surface area contributed by atoms with E-state index in [9.17, 15) is 22.0 Å². The van der Waals surface area contributed by atoms with E-state index in [1.165, 1.54) is 6.20 Å². The lowest BCUT2D eigenvalue weighted by atomic mass is 10.2. The number of amides is 1. The maximum absolute atomic E-state index is 12.5. The summed E-state index contributed by atoms with van der Waals surface area (Å²) in [5.41, 5.74) is 1.87. The number of nitrogens with zero attached hydrogens (tertiary/aromatic N) is 3. The second-order valence-corrected chi connectivity index (χ2v) is 10.9. The van der Waals surface area contributed by atoms with E-state index in [4.69, 9.17) is 0 Å². The molecule has 7 nitrogen and oxygen atoms in total. The predicted molar refractivity (Wildman–Crippen MR) is 119 cm³/mol. The second-order valence-electron chi connectivity index (χ2n) is 8.45. The van der Waals surface area contributed by atoms with Gasteiger partial charge in [-0.05, 0) is 70.0 Å². The van der Waals surface area contributed by atoms with Crippen molar-refractivity contribution in [3.05, 3.63) is 66.0 Å². The number of hydrogen-bond acceptors (Lipinski definition) is 5. The van der Waals surface area contributed by atoms with Crippen molar-refractivity contribution in [2.45, 2.75) is 38.4 Å². The van der Waals surface area contributed by atoms with Gasteiger partial charge in [0, 0.05) is 25.0 Å². The van der Waals surface area contributed by atoms with Gasteiger partial charge in [0.1, 0.15) is 11.6 Å². The molecule has 0 aliphatic carbocycles. The van der Waals surface area contributed by atoms with Crippen molar-refractivity contribution in [1.29, 1.82) is 0 Å². The highest BCUT2D eigenvalue weighted by molar-refractivity contribution is 7.91. The number of carbonyl (C=O) groups excluding carboxylic acids is 1. The summed E-state index contributed by atoms with van der Waals surface area (Å²) in [7, 11) is -3.76. The Labute approximate surface area is 186 Å². The minimum atomic E-state index is -3.76. The summed E-state index contributed by atoms with van der Waals surface area (Å²) in [6.45, 7) is 6.62.